The molecule has 5 atom stereocenters. The Morgan fingerprint density at radius 2 is 1.92 bits per heavy atom. The van der Waals surface area contributed by atoms with Gasteiger partial charge in [-0.1, -0.05) is 52.5 Å². The summed E-state index contributed by atoms with van der Waals surface area (Å²) in [5, 5.41) is 12.6. The van der Waals surface area contributed by atoms with Gasteiger partial charge in [-0.3, -0.25) is 14.4 Å². The van der Waals surface area contributed by atoms with Crippen LogP contribution >= 0.6 is 0 Å². The number of anilines is 1. The third-order valence-corrected chi connectivity index (χ3v) is 6.42. The minimum atomic E-state index is -1.35. The average Bonchev–Trinajstić information content (AvgIpc) is 2.88. The van der Waals surface area contributed by atoms with Crippen molar-refractivity contribution in [3.05, 3.63) is 23.8 Å². The van der Waals surface area contributed by atoms with E-state index in [-0.39, 0.29) is 23.8 Å². The number of hydrogen-bond acceptors (Lipinski definition) is 9. The van der Waals surface area contributed by atoms with Crippen LogP contribution in [0.25, 0.3) is 0 Å². The number of aromatic hydroxyl groups is 1. The molecule has 1 fully saturated rings. The van der Waals surface area contributed by atoms with E-state index in [0.29, 0.717) is 19.3 Å². The smallest absolute Gasteiger partial charge is 0.332 e. The van der Waals surface area contributed by atoms with Crippen LogP contribution in [0.1, 0.15) is 76.6 Å². The van der Waals surface area contributed by atoms with Gasteiger partial charge in [-0.25, -0.2) is 4.79 Å². The molecule has 0 saturated carbocycles. The Bertz CT molecular complexity index is 935. The molecule has 0 radical (unpaired) electrons. The molecule has 0 aliphatic carbocycles. The summed E-state index contributed by atoms with van der Waals surface area (Å²) in [5.41, 5.74) is 5.51. The number of carbonyl (C=O) groups is 4. The zero-order valence-corrected chi connectivity index (χ0v) is 21.5. The number of hydrogen-bond donors (Lipinski definition) is 3. The van der Waals surface area contributed by atoms with E-state index in [1.807, 2.05) is 6.92 Å². The van der Waals surface area contributed by atoms with Gasteiger partial charge < -0.3 is 30.4 Å². The van der Waals surface area contributed by atoms with Gasteiger partial charge in [0.1, 0.15) is 18.8 Å². The predicted octanol–water partition coefficient (Wildman–Crippen LogP) is 3.11. The molecule has 1 aliphatic rings. The first-order chi connectivity index (χ1) is 17.1. The Kier molecular flexibility index (Phi) is 11.0. The highest BCUT2D eigenvalue weighted by Crippen LogP contribution is 2.26. The summed E-state index contributed by atoms with van der Waals surface area (Å²) in [6, 6.07) is 2.89. The molecule has 0 aromatic heterocycles. The van der Waals surface area contributed by atoms with E-state index in [1.54, 1.807) is 6.92 Å². The van der Waals surface area contributed by atoms with Gasteiger partial charge in [0.2, 0.25) is 0 Å². The second-order valence-corrected chi connectivity index (χ2v) is 9.21. The molecule has 0 bridgehead atoms. The molecule has 200 valence electrons. The van der Waals surface area contributed by atoms with Crippen LogP contribution in [-0.2, 0) is 28.6 Å². The molecule has 4 N–H and O–H groups in total. The highest BCUT2D eigenvalue weighted by molar-refractivity contribution is 6.00. The van der Waals surface area contributed by atoms with Gasteiger partial charge >= 0.3 is 17.9 Å². The number of esters is 3. The van der Waals surface area contributed by atoms with E-state index in [1.165, 1.54) is 25.1 Å². The lowest BCUT2D eigenvalue weighted by Crippen LogP contribution is -2.49. The topological polar surface area (TPSA) is 154 Å². The minimum Gasteiger partial charge on any atom is -0.505 e. The van der Waals surface area contributed by atoms with E-state index in [0.717, 1.165) is 19.3 Å². The third-order valence-electron chi connectivity index (χ3n) is 6.42. The number of benzene rings is 1. The molecule has 5 unspecified atom stereocenters. The molecule has 1 amide bonds. The fourth-order valence-electron chi connectivity index (χ4n) is 3.84. The molecule has 1 saturated heterocycles. The summed E-state index contributed by atoms with van der Waals surface area (Å²) in [4.78, 5) is 51.4. The summed E-state index contributed by atoms with van der Waals surface area (Å²) in [7, 11) is 0. The molecular weight excluding hydrogens is 468 g/mol. The lowest BCUT2D eigenvalue weighted by molar-refractivity contribution is -0.170. The first-order valence-corrected chi connectivity index (χ1v) is 12.6. The fraction of sp³-hybridized carbons (Fsp3) is 0.615. The summed E-state index contributed by atoms with van der Waals surface area (Å²) >= 11 is 0. The first-order valence-electron chi connectivity index (χ1n) is 12.6. The van der Waals surface area contributed by atoms with Crippen molar-refractivity contribution in [2.75, 3.05) is 12.3 Å². The SMILES string of the molecule is CCCCCCC1C(=O)OC(C)C(NC(=O)c2cccc(N)c2O)C(=O)OCC1OC(=O)C(C)CC. The summed E-state index contributed by atoms with van der Waals surface area (Å²) in [6.45, 7) is 6.75. The number of cyclic esters (lactones) is 2. The van der Waals surface area contributed by atoms with Gasteiger partial charge in [0, 0.05) is 0 Å². The van der Waals surface area contributed by atoms with E-state index in [9.17, 15) is 24.3 Å². The number of rotatable bonds is 10. The van der Waals surface area contributed by atoms with E-state index in [2.05, 4.69) is 12.2 Å². The number of para-hydroxylation sites is 1. The Hall–Kier alpha value is -3.30. The summed E-state index contributed by atoms with van der Waals surface area (Å²) < 4.78 is 16.6. The van der Waals surface area contributed by atoms with Gasteiger partial charge in [-0.2, -0.15) is 0 Å². The van der Waals surface area contributed by atoms with Crippen LogP contribution < -0.4 is 11.1 Å². The Balaban J connectivity index is 2.26. The van der Waals surface area contributed by atoms with Gasteiger partial charge in [-0.15, -0.1) is 0 Å². The van der Waals surface area contributed by atoms with Crippen LogP contribution in [0.3, 0.4) is 0 Å². The lowest BCUT2D eigenvalue weighted by Gasteiger charge is -2.26. The number of nitrogens with one attached hydrogen (secondary N) is 1. The van der Waals surface area contributed by atoms with Crippen molar-refractivity contribution < 1.29 is 38.5 Å². The number of unbranched alkanes of at least 4 members (excludes halogenated alkanes) is 3. The predicted molar refractivity (Wildman–Crippen MR) is 132 cm³/mol. The van der Waals surface area contributed by atoms with Crippen molar-refractivity contribution in [1.29, 1.82) is 0 Å². The van der Waals surface area contributed by atoms with Crippen molar-refractivity contribution in [3.63, 3.8) is 0 Å². The number of nitrogen functional groups attached to an aromatic ring is 1. The minimum absolute atomic E-state index is 0.00366. The molecule has 1 aliphatic heterocycles. The molecule has 1 aromatic rings. The highest BCUT2D eigenvalue weighted by Gasteiger charge is 2.41. The monoisotopic (exact) mass is 506 g/mol. The maximum absolute atomic E-state index is 13.2. The largest absolute Gasteiger partial charge is 0.505 e. The van der Waals surface area contributed by atoms with Crippen molar-refractivity contribution in [2.24, 2.45) is 11.8 Å². The number of ether oxygens (including phenoxy) is 3. The Morgan fingerprint density at radius 1 is 1.19 bits per heavy atom. The van der Waals surface area contributed by atoms with Crippen molar-refractivity contribution in [2.45, 2.75) is 84.5 Å². The van der Waals surface area contributed by atoms with Crippen molar-refractivity contribution in [3.8, 4) is 5.75 Å². The summed E-state index contributed by atoms with van der Waals surface area (Å²) in [5.74, 6) is -4.41. The van der Waals surface area contributed by atoms with Crippen LogP contribution in [-0.4, -0.2) is 53.8 Å². The molecule has 10 nitrogen and oxygen atoms in total. The molecule has 1 aromatic carbocycles. The standard InChI is InChI=1S/C26H38N2O8/c1-5-7-8-9-11-17-20(36-24(31)15(3)6-2)14-34-26(33)21(16(4)35-25(17)32)28-23(30)18-12-10-13-19(27)22(18)29/h10,12-13,15-17,20-21,29H,5-9,11,14,27H2,1-4H3,(H,28,30). The van der Waals surface area contributed by atoms with E-state index < -0.39 is 53.7 Å². The quantitative estimate of drug-likeness (QED) is 0.143. The van der Waals surface area contributed by atoms with Crippen LogP contribution in [0.15, 0.2) is 18.2 Å². The molecule has 10 heteroatoms. The molecule has 1 heterocycles. The van der Waals surface area contributed by atoms with Crippen LogP contribution in [0.4, 0.5) is 5.69 Å². The van der Waals surface area contributed by atoms with Crippen LogP contribution in [0.5, 0.6) is 5.75 Å². The van der Waals surface area contributed by atoms with Gasteiger partial charge in [0.15, 0.2) is 11.8 Å². The maximum atomic E-state index is 13.2. The number of nitrogens with two attached hydrogens (primary N) is 1. The number of carbonyl (C=O) groups excluding carboxylic acids is 4. The number of phenolic OH excluding ortho intramolecular Hbond substituents is 1. The van der Waals surface area contributed by atoms with E-state index >= 15 is 0 Å². The van der Waals surface area contributed by atoms with Crippen LogP contribution in [0, 0.1) is 11.8 Å². The Morgan fingerprint density at radius 3 is 2.58 bits per heavy atom. The van der Waals surface area contributed by atoms with Crippen molar-refractivity contribution in [1.82, 2.24) is 5.32 Å². The van der Waals surface area contributed by atoms with Crippen LogP contribution in [0.2, 0.25) is 0 Å². The third kappa shape index (κ3) is 7.60. The van der Waals surface area contributed by atoms with Crippen molar-refractivity contribution >= 4 is 29.5 Å². The average molecular weight is 507 g/mol. The lowest BCUT2D eigenvalue weighted by atomic mass is 9.95. The second kappa shape index (κ2) is 13.7. The second-order valence-electron chi connectivity index (χ2n) is 9.21. The molecular formula is C26H38N2O8. The number of amides is 1. The molecule has 36 heavy (non-hydrogen) atoms. The van der Waals surface area contributed by atoms with E-state index in [4.69, 9.17) is 19.9 Å². The number of phenols is 1. The molecule has 2 rings (SSSR count). The van der Waals surface area contributed by atoms with Gasteiger partial charge in [-0.05, 0) is 31.9 Å². The Labute approximate surface area is 211 Å². The molecule has 0 spiro atoms. The highest BCUT2D eigenvalue weighted by atomic mass is 16.6. The van der Waals surface area contributed by atoms with Gasteiger partial charge in [0.25, 0.3) is 5.91 Å². The summed E-state index contributed by atoms with van der Waals surface area (Å²) in [6.07, 6.45) is 2.47. The normalized spacial score (nSPS) is 23.3. The van der Waals surface area contributed by atoms with Gasteiger partial charge in [0.05, 0.1) is 23.1 Å². The first kappa shape index (κ1) is 28.9. The zero-order valence-electron chi connectivity index (χ0n) is 21.5. The maximum Gasteiger partial charge on any atom is 0.332 e. The fourth-order valence-corrected chi connectivity index (χ4v) is 3.84. The zero-order chi connectivity index (χ0) is 26.8.